The summed E-state index contributed by atoms with van der Waals surface area (Å²) < 4.78 is 10.8. The van der Waals surface area contributed by atoms with Gasteiger partial charge in [-0.25, -0.2) is 0 Å². The van der Waals surface area contributed by atoms with Crippen molar-refractivity contribution in [1.29, 1.82) is 0 Å². The number of hydrogen-bond acceptors (Lipinski definition) is 3. The minimum Gasteiger partial charge on any atom is -0.497 e. The molecule has 1 aliphatic rings. The summed E-state index contributed by atoms with van der Waals surface area (Å²) in [5.41, 5.74) is 2.29. The highest BCUT2D eigenvalue weighted by Crippen LogP contribution is 2.37. The van der Waals surface area contributed by atoms with Gasteiger partial charge in [0.25, 0.3) is 0 Å². The highest BCUT2D eigenvalue weighted by Gasteiger charge is 2.37. The van der Waals surface area contributed by atoms with E-state index < -0.39 is 8.07 Å². The van der Waals surface area contributed by atoms with E-state index in [2.05, 4.69) is 25.7 Å². The van der Waals surface area contributed by atoms with E-state index in [4.69, 9.17) is 9.47 Å². The lowest BCUT2D eigenvalue weighted by atomic mass is 10.1. The number of carbonyl (C=O) groups excluding carboxylic acids is 1. The molecule has 22 heavy (non-hydrogen) atoms. The van der Waals surface area contributed by atoms with Crippen LogP contribution in [0.3, 0.4) is 0 Å². The van der Waals surface area contributed by atoms with Crippen LogP contribution in [0.2, 0.25) is 25.2 Å². The van der Waals surface area contributed by atoms with Gasteiger partial charge in [0.15, 0.2) is 0 Å². The largest absolute Gasteiger partial charge is 0.497 e. The minimum atomic E-state index is -1.63. The van der Waals surface area contributed by atoms with Gasteiger partial charge >= 0.3 is 5.97 Å². The normalized spacial score (nSPS) is 16.1. The first-order chi connectivity index (χ1) is 10.4. The number of benzene rings is 1. The van der Waals surface area contributed by atoms with Crippen LogP contribution in [0.5, 0.6) is 5.75 Å². The van der Waals surface area contributed by atoms with Gasteiger partial charge in [0.2, 0.25) is 0 Å². The van der Waals surface area contributed by atoms with Crippen LogP contribution in [-0.4, -0.2) is 21.2 Å². The number of rotatable bonds is 6. The van der Waals surface area contributed by atoms with Gasteiger partial charge in [-0.3, -0.25) is 4.79 Å². The molecule has 0 aromatic heterocycles. The van der Waals surface area contributed by atoms with Crippen molar-refractivity contribution in [3.8, 4) is 5.75 Å². The van der Waals surface area contributed by atoms with Crippen molar-refractivity contribution in [2.75, 3.05) is 7.11 Å². The molecule has 0 saturated carbocycles. The molecule has 0 amide bonds. The number of ether oxygens (including phenoxy) is 2. The molecule has 120 valence electrons. The molecule has 1 aliphatic carbocycles. The van der Waals surface area contributed by atoms with Crippen LogP contribution in [-0.2, 0) is 16.1 Å². The van der Waals surface area contributed by atoms with E-state index in [1.165, 1.54) is 12.0 Å². The molecule has 0 bridgehead atoms. The monoisotopic (exact) mass is 318 g/mol. The number of methoxy groups -OCH3 is 1. The maximum Gasteiger partial charge on any atom is 0.310 e. The fourth-order valence-corrected chi connectivity index (χ4v) is 5.14. The molecule has 0 heterocycles. The van der Waals surface area contributed by atoms with E-state index in [1.54, 1.807) is 7.11 Å². The van der Waals surface area contributed by atoms with Crippen LogP contribution in [0.15, 0.2) is 35.9 Å². The molecule has 0 radical (unpaired) electrons. The maximum atomic E-state index is 12.6. The van der Waals surface area contributed by atoms with E-state index >= 15 is 0 Å². The highest BCUT2D eigenvalue weighted by atomic mass is 28.3. The van der Waals surface area contributed by atoms with Crippen LogP contribution in [0.1, 0.15) is 24.8 Å². The molecule has 1 unspecified atom stereocenters. The zero-order chi connectivity index (χ0) is 16.2. The highest BCUT2D eigenvalue weighted by molar-refractivity contribution is 6.81. The van der Waals surface area contributed by atoms with Gasteiger partial charge in [-0.05, 0) is 37.0 Å². The fraction of sp³-hybridized carbons (Fsp3) is 0.500. The van der Waals surface area contributed by atoms with Gasteiger partial charge in [0.05, 0.1) is 20.7 Å². The predicted molar refractivity (Wildman–Crippen MR) is 91.8 cm³/mol. The predicted octanol–water partition coefficient (Wildman–Crippen LogP) is 4.56. The topological polar surface area (TPSA) is 35.5 Å². The zero-order valence-electron chi connectivity index (χ0n) is 14.0. The summed E-state index contributed by atoms with van der Waals surface area (Å²) >= 11 is 0. The minimum absolute atomic E-state index is 0.00625. The van der Waals surface area contributed by atoms with Crippen LogP contribution in [0.4, 0.5) is 0 Å². The summed E-state index contributed by atoms with van der Waals surface area (Å²) in [5, 5.41) is 0. The second-order valence-corrected chi connectivity index (χ2v) is 12.2. The van der Waals surface area contributed by atoms with Crippen molar-refractivity contribution in [2.45, 2.75) is 51.1 Å². The summed E-state index contributed by atoms with van der Waals surface area (Å²) in [5.74, 6) is 0.759. The summed E-state index contributed by atoms with van der Waals surface area (Å²) in [6, 6.07) is 7.65. The first-order valence-corrected chi connectivity index (χ1v) is 11.5. The third-order valence-electron chi connectivity index (χ3n) is 4.09. The number of allylic oxidation sites excluding steroid dienone is 1. The lowest BCUT2D eigenvalue weighted by molar-refractivity contribution is -0.144. The molecule has 0 fully saturated rings. The van der Waals surface area contributed by atoms with Gasteiger partial charge in [0, 0.05) is 0 Å². The molecule has 0 saturated heterocycles. The van der Waals surface area contributed by atoms with Crippen LogP contribution >= 0.6 is 0 Å². The average molecular weight is 318 g/mol. The molecular formula is C18H26O3Si. The Morgan fingerprint density at radius 1 is 1.23 bits per heavy atom. The van der Waals surface area contributed by atoms with Gasteiger partial charge < -0.3 is 9.47 Å². The van der Waals surface area contributed by atoms with E-state index in [9.17, 15) is 4.79 Å². The first kappa shape index (κ1) is 16.8. The van der Waals surface area contributed by atoms with Crippen molar-refractivity contribution in [2.24, 2.45) is 0 Å². The molecule has 0 N–H and O–H groups in total. The Labute approximate surface area is 134 Å². The maximum absolute atomic E-state index is 12.6. The molecule has 1 atom stereocenters. The molecule has 1 aromatic carbocycles. The van der Waals surface area contributed by atoms with Crippen molar-refractivity contribution in [1.82, 2.24) is 0 Å². The van der Waals surface area contributed by atoms with Gasteiger partial charge in [0.1, 0.15) is 12.4 Å². The van der Waals surface area contributed by atoms with E-state index in [1.807, 2.05) is 24.3 Å². The summed E-state index contributed by atoms with van der Waals surface area (Å²) in [6.07, 6.45) is 5.56. The van der Waals surface area contributed by atoms with Crippen molar-refractivity contribution < 1.29 is 14.3 Å². The first-order valence-electron chi connectivity index (χ1n) is 7.90. The molecule has 3 nitrogen and oxygen atoms in total. The molecular weight excluding hydrogens is 292 g/mol. The van der Waals surface area contributed by atoms with Crippen molar-refractivity contribution in [3.05, 3.63) is 41.5 Å². The summed E-state index contributed by atoms with van der Waals surface area (Å²) in [4.78, 5) is 12.6. The summed E-state index contributed by atoms with van der Waals surface area (Å²) in [6.45, 7) is 7.06. The summed E-state index contributed by atoms with van der Waals surface area (Å²) in [7, 11) is 0.0113. The number of esters is 1. The van der Waals surface area contributed by atoms with E-state index in [0.29, 0.717) is 6.61 Å². The number of carbonyl (C=O) groups is 1. The van der Waals surface area contributed by atoms with Gasteiger partial charge in [-0.1, -0.05) is 43.4 Å². The Balaban J connectivity index is 2.01. The Kier molecular flexibility index (Phi) is 5.45. The quantitative estimate of drug-likeness (QED) is 0.438. The van der Waals surface area contributed by atoms with Crippen molar-refractivity contribution in [3.63, 3.8) is 0 Å². The SMILES string of the molecule is COc1ccc(COC(=O)C(C2=CCCC2)[Si](C)(C)C)cc1. The Morgan fingerprint density at radius 2 is 1.91 bits per heavy atom. The van der Waals surface area contributed by atoms with Gasteiger partial charge in [-0.15, -0.1) is 0 Å². The Morgan fingerprint density at radius 3 is 2.41 bits per heavy atom. The van der Waals surface area contributed by atoms with Crippen LogP contribution < -0.4 is 4.74 Å². The smallest absolute Gasteiger partial charge is 0.310 e. The van der Waals surface area contributed by atoms with Crippen LogP contribution in [0, 0.1) is 0 Å². The number of hydrogen-bond donors (Lipinski definition) is 0. The van der Waals surface area contributed by atoms with Crippen molar-refractivity contribution >= 4 is 14.0 Å². The lowest BCUT2D eigenvalue weighted by Crippen LogP contribution is -2.35. The fourth-order valence-electron chi connectivity index (χ4n) is 2.98. The second-order valence-electron chi connectivity index (χ2n) is 6.93. The Hall–Kier alpha value is -1.55. The Bertz CT molecular complexity index is 540. The second kappa shape index (κ2) is 7.14. The standard InChI is InChI=1S/C18H26O3Si/c1-20-16-11-9-14(10-12-16)13-21-18(19)17(22(2,3)4)15-7-5-6-8-15/h7,9-12,17H,5-6,8,13H2,1-4H3. The van der Waals surface area contributed by atoms with E-state index in [-0.39, 0.29) is 11.5 Å². The average Bonchev–Trinajstić information content (AvgIpc) is 2.98. The lowest BCUT2D eigenvalue weighted by Gasteiger charge is -2.28. The van der Waals surface area contributed by atoms with E-state index in [0.717, 1.165) is 24.2 Å². The van der Waals surface area contributed by atoms with Gasteiger partial charge in [-0.2, -0.15) is 0 Å². The molecule has 0 spiro atoms. The van der Waals surface area contributed by atoms with Crippen LogP contribution in [0.25, 0.3) is 0 Å². The molecule has 4 heteroatoms. The third-order valence-corrected chi connectivity index (χ3v) is 6.43. The zero-order valence-corrected chi connectivity index (χ0v) is 15.0. The third kappa shape index (κ3) is 4.23. The molecule has 1 aromatic rings. The molecule has 0 aliphatic heterocycles. The molecule has 2 rings (SSSR count).